The molecule has 1 atom stereocenters. The molecular formula is C21H19NO5S. The molecule has 0 aliphatic carbocycles. The molecule has 1 heterocycles. The predicted octanol–water partition coefficient (Wildman–Crippen LogP) is 3.52. The van der Waals surface area contributed by atoms with Crippen molar-refractivity contribution in [2.75, 3.05) is 13.7 Å². The second-order valence-electron chi connectivity index (χ2n) is 5.89. The van der Waals surface area contributed by atoms with Crippen LogP contribution < -0.4 is 10.1 Å². The minimum atomic E-state index is -0.789. The van der Waals surface area contributed by atoms with E-state index in [4.69, 9.17) is 9.47 Å². The highest BCUT2D eigenvalue weighted by Gasteiger charge is 2.20. The van der Waals surface area contributed by atoms with E-state index in [-0.39, 0.29) is 17.4 Å². The third-order valence-electron chi connectivity index (χ3n) is 4.03. The Kier molecular flexibility index (Phi) is 6.29. The third-order valence-corrected chi connectivity index (χ3v) is 4.96. The van der Waals surface area contributed by atoms with Crippen LogP contribution >= 0.6 is 11.3 Å². The molecule has 7 heteroatoms. The monoisotopic (exact) mass is 397 g/mol. The van der Waals surface area contributed by atoms with Crippen molar-refractivity contribution in [1.82, 2.24) is 5.32 Å². The van der Waals surface area contributed by atoms with Crippen molar-refractivity contribution in [3.63, 3.8) is 0 Å². The standard InChI is InChI=1S/C21H19NO5S/c1-26-15-9-10-16(17(23)12-15)21(25)27-13-19(24)22-20(18-8-5-11-28-18)14-6-3-2-4-7-14/h2-12,20,23H,13H2,1H3,(H,22,24)/t20-/m0/s1. The lowest BCUT2D eigenvalue weighted by atomic mass is 10.1. The first-order valence-corrected chi connectivity index (χ1v) is 9.38. The summed E-state index contributed by atoms with van der Waals surface area (Å²) in [5.74, 6) is -1.09. The molecule has 0 spiro atoms. The molecule has 1 aromatic heterocycles. The predicted molar refractivity (Wildman–Crippen MR) is 106 cm³/mol. The zero-order valence-electron chi connectivity index (χ0n) is 15.1. The van der Waals surface area contributed by atoms with E-state index in [1.165, 1.54) is 36.6 Å². The van der Waals surface area contributed by atoms with Gasteiger partial charge in [-0.2, -0.15) is 0 Å². The van der Waals surface area contributed by atoms with Crippen LogP contribution in [0.3, 0.4) is 0 Å². The van der Waals surface area contributed by atoms with Crippen molar-refractivity contribution >= 4 is 23.2 Å². The van der Waals surface area contributed by atoms with Crippen LogP contribution in [0.15, 0.2) is 66.0 Å². The first-order chi connectivity index (χ1) is 13.6. The molecule has 0 fully saturated rings. The summed E-state index contributed by atoms with van der Waals surface area (Å²) in [7, 11) is 1.45. The summed E-state index contributed by atoms with van der Waals surface area (Å²) in [6.07, 6.45) is 0. The molecule has 0 radical (unpaired) electrons. The zero-order chi connectivity index (χ0) is 19.9. The Labute approximate surface area is 166 Å². The van der Waals surface area contributed by atoms with Crippen LogP contribution in [0.1, 0.15) is 26.8 Å². The van der Waals surface area contributed by atoms with Gasteiger partial charge < -0.3 is 19.9 Å². The fraction of sp³-hybridized carbons (Fsp3) is 0.143. The summed E-state index contributed by atoms with van der Waals surface area (Å²) >= 11 is 1.53. The van der Waals surface area contributed by atoms with Gasteiger partial charge >= 0.3 is 5.97 Å². The Bertz CT molecular complexity index is 941. The quantitative estimate of drug-likeness (QED) is 0.596. The SMILES string of the molecule is COc1ccc(C(=O)OCC(=O)N[C@@H](c2ccccc2)c2cccs2)c(O)c1. The number of hydrogen-bond acceptors (Lipinski definition) is 6. The fourth-order valence-corrected chi connectivity index (χ4v) is 3.44. The number of nitrogens with one attached hydrogen (secondary N) is 1. The van der Waals surface area contributed by atoms with Crippen molar-refractivity contribution in [2.24, 2.45) is 0 Å². The number of thiophene rings is 1. The molecule has 1 amide bonds. The number of benzene rings is 2. The minimum Gasteiger partial charge on any atom is -0.507 e. The summed E-state index contributed by atoms with van der Waals surface area (Å²) in [6.45, 7) is -0.459. The maximum Gasteiger partial charge on any atom is 0.342 e. The molecule has 0 aliphatic heterocycles. The van der Waals surface area contributed by atoms with Gasteiger partial charge in [-0.3, -0.25) is 4.79 Å². The third kappa shape index (κ3) is 4.69. The molecule has 0 saturated heterocycles. The number of phenols is 1. The zero-order valence-corrected chi connectivity index (χ0v) is 15.9. The van der Waals surface area contributed by atoms with Gasteiger partial charge in [0.25, 0.3) is 5.91 Å². The van der Waals surface area contributed by atoms with E-state index in [1.54, 1.807) is 0 Å². The summed E-state index contributed by atoms with van der Waals surface area (Å²) < 4.78 is 10.0. The number of aromatic hydroxyl groups is 1. The average molecular weight is 397 g/mol. The van der Waals surface area contributed by atoms with Crippen LogP contribution in [0, 0.1) is 0 Å². The number of rotatable bonds is 7. The van der Waals surface area contributed by atoms with Crippen molar-refractivity contribution in [3.8, 4) is 11.5 Å². The second-order valence-corrected chi connectivity index (χ2v) is 6.87. The van der Waals surface area contributed by atoms with Crippen LogP contribution in [-0.2, 0) is 9.53 Å². The molecule has 3 aromatic rings. The molecule has 0 bridgehead atoms. The summed E-state index contributed by atoms with van der Waals surface area (Å²) in [6, 6.07) is 17.3. The lowest BCUT2D eigenvalue weighted by Gasteiger charge is -2.18. The Morgan fingerprint density at radius 1 is 1.11 bits per heavy atom. The summed E-state index contributed by atoms with van der Waals surface area (Å²) in [4.78, 5) is 25.5. The first-order valence-electron chi connectivity index (χ1n) is 8.50. The number of phenolic OH excluding ortho intramolecular Hbond substituents is 1. The maximum absolute atomic E-state index is 12.4. The number of esters is 1. The van der Waals surface area contributed by atoms with Crippen LogP contribution in [0.5, 0.6) is 11.5 Å². The average Bonchev–Trinajstić information content (AvgIpc) is 3.25. The number of carbonyl (C=O) groups excluding carboxylic acids is 2. The van der Waals surface area contributed by atoms with E-state index >= 15 is 0 Å². The second kappa shape index (κ2) is 9.05. The molecule has 3 rings (SSSR count). The molecule has 0 aliphatic rings. The highest BCUT2D eigenvalue weighted by molar-refractivity contribution is 7.10. The Hall–Kier alpha value is -3.32. The van der Waals surface area contributed by atoms with Crippen LogP contribution in [0.25, 0.3) is 0 Å². The Morgan fingerprint density at radius 3 is 2.54 bits per heavy atom. The highest BCUT2D eigenvalue weighted by atomic mass is 32.1. The molecule has 2 N–H and O–H groups in total. The lowest BCUT2D eigenvalue weighted by molar-refractivity contribution is -0.124. The van der Waals surface area contributed by atoms with Crippen LogP contribution in [0.4, 0.5) is 0 Å². The van der Waals surface area contributed by atoms with Gasteiger partial charge in [0.15, 0.2) is 6.61 Å². The Morgan fingerprint density at radius 2 is 1.89 bits per heavy atom. The maximum atomic E-state index is 12.4. The smallest absolute Gasteiger partial charge is 0.342 e. The van der Waals surface area contributed by atoms with Gasteiger partial charge in [-0.1, -0.05) is 36.4 Å². The van der Waals surface area contributed by atoms with E-state index in [2.05, 4.69) is 5.32 Å². The molecule has 0 saturated carbocycles. The number of carbonyl (C=O) groups is 2. The Balaban J connectivity index is 1.64. The van der Waals surface area contributed by atoms with Gasteiger partial charge in [0.2, 0.25) is 0 Å². The van der Waals surface area contributed by atoms with Gasteiger partial charge in [0.05, 0.1) is 13.2 Å². The van der Waals surface area contributed by atoms with Crippen LogP contribution in [-0.4, -0.2) is 30.7 Å². The minimum absolute atomic E-state index is 0.0357. The first kappa shape index (κ1) is 19.4. The number of methoxy groups -OCH3 is 1. The molecule has 0 unspecified atom stereocenters. The van der Waals surface area contributed by atoms with Gasteiger partial charge in [0, 0.05) is 10.9 Å². The highest BCUT2D eigenvalue weighted by Crippen LogP contribution is 2.26. The summed E-state index contributed by atoms with van der Waals surface area (Å²) in [5, 5.41) is 14.7. The molecule has 144 valence electrons. The van der Waals surface area contributed by atoms with E-state index in [1.807, 2.05) is 47.8 Å². The summed E-state index contributed by atoms with van der Waals surface area (Å²) in [5.41, 5.74) is 0.892. The number of hydrogen-bond donors (Lipinski definition) is 2. The molecule has 28 heavy (non-hydrogen) atoms. The van der Waals surface area contributed by atoms with Gasteiger partial charge in [-0.05, 0) is 29.1 Å². The van der Waals surface area contributed by atoms with E-state index in [0.29, 0.717) is 5.75 Å². The van der Waals surface area contributed by atoms with Crippen molar-refractivity contribution in [3.05, 3.63) is 82.0 Å². The number of amides is 1. The van der Waals surface area contributed by atoms with Crippen molar-refractivity contribution in [1.29, 1.82) is 0 Å². The van der Waals surface area contributed by atoms with Crippen LogP contribution in [0.2, 0.25) is 0 Å². The largest absolute Gasteiger partial charge is 0.507 e. The van der Waals surface area contributed by atoms with Crippen molar-refractivity contribution in [2.45, 2.75) is 6.04 Å². The van der Waals surface area contributed by atoms with Gasteiger partial charge in [-0.25, -0.2) is 4.79 Å². The number of ether oxygens (including phenoxy) is 2. The van der Waals surface area contributed by atoms with E-state index < -0.39 is 18.5 Å². The normalized spacial score (nSPS) is 11.5. The molecular weight excluding hydrogens is 378 g/mol. The topological polar surface area (TPSA) is 84.9 Å². The van der Waals surface area contributed by atoms with E-state index in [9.17, 15) is 14.7 Å². The molecule has 6 nitrogen and oxygen atoms in total. The van der Waals surface area contributed by atoms with Gasteiger partial charge in [-0.15, -0.1) is 11.3 Å². The molecule has 2 aromatic carbocycles. The van der Waals surface area contributed by atoms with Gasteiger partial charge in [0.1, 0.15) is 17.1 Å². The lowest BCUT2D eigenvalue weighted by Crippen LogP contribution is -2.32. The fourth-order valence-electron chi connectivity index (χ4n) is 2.64. The van der Waals surface area contributed by atoms with Crippen molar-refractivity contribution < 1.29 is 24.2 Å². The van der Waals surface area contributed by atoms with E-state index in [0.717, 1.165) is 10.4 Å².